The summed E-state index contributed by atoms with van der Waals surface area (Å²) < 4.78 is 23.2. The topological polar surface area (TPSA) is 299 Å². The smallest absolute Gasteiger partial charge is 0.311 e. The van der Waals surface area contributed by atoms with Crippen LogP contribution in [0.25, 0.3) is 0 Å². The van der Waals surface area contributed by atoms with Gasteiger partial charge in [-0.2, -0.15) is 0 Å². The summed E-state index contributed by atoms with van der Waals surface area (Å²) in [4.78, 5) is 25.1. The number of aliphatic hydroxyl groups is 9. The Kier molecular flexibility index (Phi) is 23.4. The summed E-state index contributed by atoms with van der Waals surface area (Å²) in [6, 6.07) is -1.13. The van der Waals surface area contributed by atoms with E-state index in [0.29, 0.717) is 0 Å². The van der Waals surface area contributed by atoms with Gasteiger partial charge in [0.2, 0.25) is 0 Å². The van der Waals surface area contributed by atoms with Crippen LogP contribution in [-0.4, -0.2) is 154 Å². The first-order valence-corrected chi connectivity index (χ1v) is 22.2. The molecule has 0 spiro atoms. The highest BCUT2D eigenvalue weighted by molar-refractivity contribution is 5.71. The van der Waals surface area contributed by atoms with Gasteiger partial charge in [0.25, 0.3) is 0 Å². The van der Waals surface area contributed by atoms with Gasteiger partial charge in [0.1, 0.15) is 18.1 Å². The number of cyclic esters (lactones) is 1. The number of rotatable bonds is 3. The van der Waals surface area contributed by atoms with Crippen molar-refractivity contribution in [1.82, 2.24) is 0 Å². The third-order valence-electron chi connectivity index (χ3n) is 11.9. The fourth-order valence-corrected chi connectivity index (χ4v) is 8.00. The molecule has 3 aliphatic heterocycles. The molecule has 0 aliphatic carbocycles. The highest BCUT2D eigenvalue weighted by atomic mass is 16.7. The molecule has 3 rings (SSSR count). The summed E-state index contributed by atoms with van der Waals surface area (Å²) >= 11 is 0. The number of nitrogens with two attached hydrogens (primary N) is 1. The maximum absolute atomic E-state index is 12.6. The Labute approximate surface area is 376 Å². The Morgan fingerprint density at radius 1 is 0.688 bits per heavy atom. The molecular formula is C47H73NO16. The standard InChI is InChI=1S/C47H73NO16/c1-28-18-15-13-11-9-7-5-6-8-10-12-14-16-21-36(63-46-44(57)41(48)43(56)31(4)62-46)25-38-40(45(58)59)37(53)27-47(60,64-38)26-35(52)23-33(50)20-17-19-32(49)22-34(51)24-39(54)61-30(3)29(2)42(28)55/h5-16,18,21,28-38,40-44,46,49-53,55-57,60H,17,19-20,22-27,48H2,1-4H3,(H,58,59)/b6-5+,9-7+,10-8+,13-11+,14-12+,18-15+,21-16+/t28-,29-,30-,31+,32+,33-,34+,35-,36-,37-,38-,40+,41-,42+,43+,44-,46-,47+/m0/s1. The molecule has 0 amide bonds. The number of aliphatic carboxylic acids is 1. The first-order valence-electron chi connectivity index (χ1n) is 22.2. The predicted octanol–water partition coefficient (Wildman–Crippen LogP) is 1.74. The summed E-state index contributed by atoms with van der Waals surface area (Å²) in [7, 11) is 0. The molecule has 3 heterocycles. The summed E-state index contributed by atoms with van der Waals surface area (Å²) in [6.07, 6.45) is 7.89. The number of carboxylic acids is 1. The van der Waals surface area contributed by atoms with E-state index in [4.69, 9.17) is 24.7 Å². The monoisotopic (exact) mass is 907 g/mol. The third kappa shape index (κ3) is 18.5. The van der Waals surface area contributed by atoms with E-state index >= 15 is 0 Å². The van der Waals surface area contributed by atoms with Gasteiger partial charge in [-0.1, -0.05) is 98.9 Å². The number of carbonyl (C=O) groups excluding carboxylic acids is 1. The van der Waals surface area contributed by atoms with E-state index in [1.807, 2.05) is 43.4 Å². The van der Waals surface area contributed by atoms with E-state index in [1.165, 1.54) is 6.08 Å². The number of aliphatic hydroxyl groups excluding tert-OH is 8. The lowest BCUT2D eigenvalue weighted by Crippen LogP contribution is -2.61. The van der Waals surface area contributed by atoms with Crippen molar-refractivity contribution in [1.29, 1.82) is 0 Å². The van der Waals surface area contributed by atoms with Gasteiger partial charge < -0.3 is 75.7 Å². The number of ether oxygens (including phenoxy) is 4. The number of fused-ring (bicyclic) bond motifs is 2. The Bertz CT molecular complexity index is 1630. The fourth-order valence-electron chi connectivity index (χ4n) is 8.00. The fraction of sp³-hybridized carbons (Fsp3) is 0.660. The molecule has 2 fully saturated rings. The molecule has 17 nitrogen and oxygen atoms in total. The molecule has 0 saturated carbocycles. The maximum Gasteiger partial charge on any atom is 0.311 e. The molecule has 362 valence electrons. The predicted molar refractivity (Wildman–Crippen MR) is 236 cm³/mol. The van der Waals surface area contributed by atoms with Crippen LogP contribution in [0, 0.1) is 17.8 Å². The van der Waals surface area contributed by atoms with Crippen molar-refractivity contribution in [3.63, 3.8) is 0 Å². The highest BCUT2D eigenvalue weighted by Crippen LogP contribution is 2.38. The molecule has 12 N–H and O–H groups in total. The zero-order valence-electron chi connectivity index (χ0n) is 37.3. The van der Waals surface area contributed by atoms with Gasteiger partial charge in [-0.15, -0.1) is 0 Å². The van der Waals surface area contributed by atoms with Gasteiger partial charge in [0, 0.05) is 31.1 Å². The number of allylic oxidation sites excluding steroid dienone is 12. The number of carbonyl (C=O) groups is 2. The van der Waals surface area contributed by atoms with Crippen LogP contribution in [0.15, 0.2) is 85.1 Å². The van der Waals surface area contributed by atoms with Gasteiger partial charge in [-0.05, 0) is 46.0 Å². The van der Waals surface area contributed by atoms with Crippen molar-refractivity contribution in [2.24, 2.45) is 23.5 Å². The normalized spacial score (nSPS) is 44.8. The minimum absolute atomic E-state index is 0.122. The zero-order valence-corrected chi connectivity index (χ0v) is 37.3. The quantitative estimate of drug-likeness (QED) is 0.180. The van der Waals surface area contributed by atoms with Crippen LogP contribution in [0.2, 0.25) is 0 Å². The van der Waals surface area contributed by atoms with Crippen LogP contribution in [0.1, 0.15) is 85.5 Å². The number of carboxylic acid groups (broad SMARTS) is 1. The minimum atomic E-state index is -2.23. The summed E-state index contributed by atoms with van der Waals surface area (Å²) in [5, 5.41) is 107. The van der Waals surface area contributed by atoms with Crippen molar-refractivity contribution in [2.45, 2.75) is 177 Å². The molecular weight excluding hydrogens is 835 g/mol. The van der Waals surface area contributed by atoms with E-state index in [-0.39, 0.29) is 50.9 Å². The number of hydrogen-bond acceptors (Lipinski definition) is 16. The molecule has 0 aromatic carbocycles. The second-order valence-corrected chi connectivity index (χ2v) is 17.4. The van der Waals surface area contributed by atoms with Crippen molar-refractivity contribution in [2.75, 3.05) is 0 Å². The van der Waals surface area contributed by atoms with Crippen LogP contribution in [0.5, 0.6) is 0 Å². The van der Waals surface area contributed by atoms with Gasteiger partial charge in [-0.3, -0.25) is 9.59 Å². The van der Waals surface area contributed by atoms with Crippen LogP contribution < -0.4 is 5.73 Å². The van der Waals surface area contributed by atoms with Crippen LogP contribution in [-0.2, 0) is 28.5 Å². The average molecular weight is 908 g/mol. The second-order valence-electron chi connectivity index (χ2n) is 17.4. The van der Waals surface area contributed by atoms with Crippen LogP contribution in [0.4, 0.5) is 0 Å². The Balaban J connectivity index is 1.84. The van der Waals surface area contributed by atoms with Crippen LogP contribution >= 0.6 is 0 Å². The first-order chi connectivity index (χ1) is 30.2. The lowest BCUT2D eigenvalue weighted by atomic mass is 9.82. The van der Waals surface area contributed by atoms with Crippen molar-refractivity contribution >= 4 is 11.9 Å². The zero-order chi connectivity index (χ0) is 47.6. The summed E-state index contributed by atoms with van der Waals surface area (Å²) in [5.74, 6) is -6.55. The van der Waals surface area contributed by atoms with Gasteiger partial charge in [0.05, 0.1) is 73.5 Å². The first kappa shape index (κ1) is 54.9. The molecule has 17 heteroatoms. The molecule has 18 atom stereocenters. The minimum Gasteiger partial charge on any atom is -0.481 e. The Morgan fingerprint density at radius 3 is 1.78 bits per heavy atom. The second kappa shape index (κ2) is 27.3. The molecule has 0 aromatic rings. The molecule has 3 aliphatic rings. The van der Waals surface area contributed by atoms with Gasteiger partial charge in [0.15, 0.2) is 12.1 Å². The summed E-state index contributed by atoms with van der Waals surface area (Å²) in [6.45, 7) is 6.82. The summed E-state index contributed by atoms with van der Waals surface area (Å²) in [5.41, 5.74) is 6.02. The molecule has 0 aromatic heterocycles. The van der Waals surface area contributed by atoms with Crippen LogP contribution in [0.3, 0.4) is 0 Å². The van der Waals surface area contributed by atoms with E-state index < -0.39 is 128 Å². The van der Waals surface area contributed by atoms with E-state index in [2.05, 4.69) is 0 Å². The molecule has 2 saturated heterocycles. The lowest BCUT2D eigenvalue weighted by Gasteiger charge is -2.45. The van der Waals surface area contributed by atoms with Crippen molar-refractivity contribution < 1.29 is 79.6 Å². The third-order valence-corrected chi connectivity index (χ3v) is 11.9. The van der Waals surface area contributed by atoms with Gasteiger partial charge >= 0.3 is 11.9 Å². The lowest BCUT2D eigenvalue weighted by molar-refractivity contribution is -0.308. The average Bonchev–Trinajstić information content (AvgIpc) is 3.20. The SMILES string of the molecule is C[C@@H]1[C@H](O)[C@@H](C)/C=C/C=C/C=C/C=C/C=C/C=C/C=C/[C@H](O[C@@H]2O[C@H](C)[C@@H](O)[C@H](N)[C@@H]2O)C[C@@H]2O[C@](O)(C[C@@H](O)C[C@@H](O)CCC[C@@H](O)C[C@@H](O)CC(=O)O[C@H]1C)C[C@H](O)[C@H]2C(=O)O. The van der Waals surface area contributed by atoms with Gasteiger partial charge in [-0.25, -0.2) is 0 Å². The number of hydrogen-bond donors (Lipinski definition) is 11. The molecule has 0 unspecified atom stereocenters. The van der Waals surface area contributed by atoms with Crippen molar-refractivity contribution in [3.8, 4) is 0 Å². The molecule has 2 bridgehead atoms. The van der Waals surface area contributed by atoms with E-state index in [1.54, 1.807) is 63.3 Å². The number of esters is 1. The maximum atomic E-state index is 12.6. The Hall–Kier alpha value is -3.40. The van der Waals surface area contributed by atoms with E-state index in [0.717, 1.165) is 0 Å². The highest BCUT2D eigenvalue weighted by Gasteiger charge is 2.51. The molecule has 64 heavy (non-hydrogen) atoms. The molecule has 0 radical (unpaired) electrons. The van der Waals surface area contributed by atoms with E-state index in [9.17, 15) is 60.7 Å². The largest absolute Gasteiger partial charge is 0.481 e. The Morgan fingerprint density at radius 2 is 1.22 bits per heavy atom. The van der Waals surface area contributed by atoms with Crippen molar-refractivity contribution in [3.05, 3.63) is 85.1 Å².